The second-order valence-corrected chi connectivity index (χ2v) is 5.94. The van der Waals surface area contributed by atoms with Gasteiger partial charge in [-0.1, -0.05) is 30.3 Å². The first kappa shape index (κ1) is 14.7. The number of hydrogen-bond acceptors (Lipinski definition) is 1. The Labute approximate surface area is 131 Å². The van der Waals surface area contributed by atoms with Gasteiger partial charge in [-0.2, -0.15) is 0 Å². The fraction of sp³-hybridized carbons (Fsp3) is 0.389. The Kier molecular flexibility index (Phi) is 4.47. The Morgan fingerprint density at radius 2 is 2.00 bits per heavy atom. The van der Waals surface area contributed by atoms with Gasteiger partial charge in [-0.3, -0.25) is 0 Å². The number of carbonyl (C=O) groups excluding carboxylic acids is 1. The summed E-state index contributed by atoms with van der Waals surface area (Å²) < 4.78 is 2.08. The standard InChI is InChI=1S/C18H23N3O/c1-20-13-5-8-17(20)14-21(16-9-10-16)18(22)19-12-11-15-6-3-2-4-7-15/h2-8,13,16H,9-12,14H2,1H3,(H,19,22). The molecule has 0 aliphatic heterocycles. The summed E-state index contributed by atoms with van der Waals surface area (Å²) in [6.45, 7) is 1.37. The highest BCUT2D eigenvalue weighted by Gasteiger charge is 2.32. The van der Waals surface area contributed by atoms with Crippen LogP contribution in [0.2, 0.25) is 0 Å². The minimum absolute atomic E-state index is 0.0552. The van der Waals surface area contributed by atoms with Crippen LogP contribution in [0.15, 0.2) is 48.7 Å². The average Bonchev–Trinajstić information content (AvgIpc) is 3.29. The minimum Gasteiger partial charge on any atom is -0.353 e. The summed E-state index contributed by atoms with van der Waals surface area (Å²) >= 11 is 0. The van der Waals surface area contributed by atoms with Crippen LogP contribution in [0, 0.1) is 0 Å². The van der Waals surface area contributed by atoms with Crippen LogP contribution in [0.4, 0.5) is 4.79 Å². The van der Waals surface area contributed by atoms with Crippen LogP contribution in [-0.4, -0.2) is 28.1 Å². The van der Waals surface area contributed by atoms with Crippen molar-refractivity contribution in [2.45, 2.75) is 31.8 Å². The molecule has 4 heteroatoms. The molecule has 2 amide bonds. The van der Waals surface area contributed by atoms with E-state index in [1.807, 2.05) is 42.4 Å². The maximum absolute atomic E-state index is 12.5. The van der Waals surface area contributed by atoms with Crippen molar-refractivity contribution in [1.29, 1.82) is 0 Å². The van der Waals surface area contributed by atoms with Gasteiger partial charge < -0.3 is 14.8 Å². The summed E-state index contributed by atoms with van der Waals surface area (Å²) in [4.78, 5) is 14.4. The molecule has 0 saturated heterocycles. The number of urea groups is 1. The highest BCUT2D eigenvalue weighted by molar-refractivity contribution is 5.74. The number of carbonyl (C=O) groups is 1. The zero-order valence-electron chi connectivity index (χ0n) is 13.0. The molecule has 1 aromatic heterocycles. The summed E-state index contributed by atoms with van der Waals surface area (Å²) in [6.07, 6.45) is 5.13. The van der Waals surface area contributed by atoms with E-state index in [1.165, 1.54) is 11.3 Å². The predicted molar refractivity (Wildman–Crippen MR) is 87.5 cm³/mol. The van der Waals surface area contributed by atoms with E-state index in [0.717, 1.165) is 19.3 Å². The van der Waals surface area contributed by atoms with Crippen LogP contribution < -0.4 is 5.32 Å². The van der Waals surface area contributed by atoms with E-state index in [0.29, 0.717) is 19.1 Å². The molecule has 1 fully saturated rings. The van der Waals surface area contributed by atoms with Crippen molar-refractivity contribution in [1.82, 2.24) is 14.8 Å². The first-order chi connectivity index (χ1) is 10.7. The molecule has 1 heterocycles. The molecule has 0 radical (unpaired) electrons. The molecule has 1 aromatic carbocycles. The molecule has 0 atom stereocenters. The van der Waals surface area contributed by atoms with Crippen molar-refractivity contribution >= 4 is 6.03 Å². The van der Waals surface area contributed by atoms with Crippen LogP contribution in [0.25, 0.3) is 0 Å². The van der Waals surface area contributed by atoms with Gasteiger partial charge >= 0.3 is 6.03 Å². The van der Waals surface area contributed by atoms with Crippen molar-refractivity contribution in [3.05, 3.63) is 59.9 Å². The van der Waals surface area contributed by atoms with Gasteiger partial charge in [0.25, 0.3) is 0 Å². The third-order valence-corrected chi connectivity index (χ3v) is 4.16. The third kappa shape index (κ3) is 3.70. The summed E-state index contributed by atoms with van der Waals surface area (Å²) in [7, 11) is 2.02. The highest BCUT2D eigenvalue weighted by Crippen LogP contribution is 2.28. The summed E-state index contributed by atoms with van der Waals surface area (Å²) in [5, 5.41) is 3.06. The van der Waals surface area contributed by atoms with Gasteiger partial charge in [-0.15, -0.1) is 0 Å². The molecular weight excluding hydrogens is 274 g/mol. The summed E-state index contributed by atoms with van der Waals surface area (Å²) in [5.74, 6) is 0. The van der Waals surface area contributed by atoms with Crippen molar-refractivity contribution in [3.63, 3.8) is 0 Å². The Balaban J connectivity index is 1.53. The van der Waals surface area contributed by atoms with Gasteiger partial charge in [0.1, 0.15) is 0 Å². The number of benzene rings is 1. The third-order valence-electron chi connectivity index (χ3n) is 4.16. The van der Waals surface area contributed by atoms with Crippen molar-refractivity contribution < 1.29 is 4.79 Å². The van der Waals surface area contributed by atoms with Gasteiger partial charge in [-0.25, -0.2) is 4.79 Å². The topological polar surface area (TPSA) is 37.3 Å². The predicted octanol–water partition coefficient (Wildman–Crippen LogP) is 2.94. The van der Waals surface area contributed by atoms with E-state index in [9.17, 15) is 4.79 Å². The van der Waals surface area contributed by atoms with Crippen molar-refractivity contribution in [2.75, 3.05) is 6.54 Å². The number of nitrogens with zero attached hydrogens (tertiary/aromatic N) is 2. The lowest BCUT2D eigenvalue weighted by atomic mass is 10.1. The second kappa shape index (κ2) is 6.69. The van der Waals surface area contributed by atoms with Crippen molar-refractivity contribution in [2.24, 2.45) is 7.05 Å². The normalized spacial score (nSPS) is 13.9. The van der Waals surface area contributed by atoms with Gasteiger partial charge in [0, 0.05) is 31.5 Å². The molecule has 1 N–H and O–H groups in total. The number of amides is 2. The zero-order chi connectivity index (χ0) is 15.4. The number of hydrogen-bond donors (Lipinski definition) is 1. The van der Waals surface area contributed by atoms with Crippen LogP contribution in [-0.2, 0) is 20.0 Å². The minimum atomic E-state index is 0.0552. The second-order valence-electron chi connectivity index (χ2n) is 5.94. The highest BCUT2D eigenvalue weighted by atomic mass is 16.2. The lowest BCUT2D eigenvalue weighted by Gasteiger charge is -2.23. The van der Waals surface area contributed by atoms with E-state index < -0.39 is 0 Å². The van der Waals surface area contributed by atoms with Gasteiger partial charge in [0.05, 0.1) is 6.54 Å². The molecule has 2 aromatic rings. The Morgan fingerprint density at radius 1 is 1.23 bits per heavy atom. The molecule has 1 aliphatic rings. The molecule has 3 rings (SSSR count). The van der Waals surface area contributed by atoms with Gasteiger partial charge in [0.15, 0.2) is 0 Å². The Hall–Kier alpha value is -2.23. The van der Waals surface area contributed by atoms with E-state index in [-0.39, 0.29) is 6.03 Å². The van der Waals surface area contributed by atoms with E-state index in [4.69, 9.17) is 0 Å². The average molecular weight is 297 g/mol. The van der Waals surface area contributed by atoms with Crippen LogP contribution >= 0.6 is 0 Å². The van der Waals surface area contributed by atoms with Gasteiger partial charge in [-0.05, 0) is 37.0 Å². The number of rotatable bonds is 6. The van der Waals surface area contributed by atoms with Gasteiger partial charge in [0.2, 0.25) is 0 Å². The first-order valence-electron chi connectivity index (χ1n) is 7.92. The molecule has 116 valence electrons. The number of aryl methyl sites for hydroxylation is 1. The molecule has 22 heavy (non-hydrogen) atoms. The van der Waals surface area contributed by atoms with Crippen LogP contribution in [0.5, 0.6) is 0 Å². The van der Waals surface area contributed by atoms with Crippen molar-refractivity contribution in [3.8, 4) is 0 Å². The lowest BCUT2D eigenvalue weighted by molar-refractivity contribution is 0.191. The van der Waals surface area contributed by atoms with E-state index >= 15 is 0 Å². The molecule has 1 aliphatic carbocycles. The quantitative estimate of drug-likeness (QED) is 0.874. The zero-order valence-corrected chi connectivity index (χ0v) is 13.0. The Bertz CT molecular complexity index is 616. The largest absolute Gasteiger partial charge is 0.353 e. The van der Waals surface area contributed by atoms with Crippen LogP contribution in [0.1, 0.15) is 24.1 Å². The molecule has 0 spiro atoms. The summed E-state index contributed by atoms with van der Waals surface area (Å²) in [5.41, 5.74) is 2.42. The molecule has 4 nitrogen and oxygen atoms in total. The first-order valence-corrected chi connectivity index (χ1v) is 7.92. The maximum Gasteiger partial charge on any atom is 0.318 e. The lowest BCUT2D eigenvalue weighted by Crippen LogP contribution is -2.42. The summed E-state index contributed by atoms with van der Waals surface area (Å²) in [6, 6.07) is 14.8. The Morgan fingerprint density at radius 3 is 2.64 bits per heavy atom. The smallest absolute Gasteiger partial charge is 0.318 e. The van der Waals surface area contributed by atoms with Crippen LogP contribution in [0.3, 0.4) is 0 Å². The fourth-order valence-electron chi connectivity index (χ4n) is 2.65. The number of nitrogens with one attached hydrogen (secondary N) is 1. The maximum atomic E-state index is 12.5. The van der Waals surface area contributed by atoms with E-state index in [2.05, 4.69) is 28.1 Å². The fourth-order valence-corrected chi connectivity index (χ4v) is 2.65. The SMILES string of the molecule is Cn1cccc1CN(C(=O)NCCc1ccccc1)C1CC1. The molecule has 0 bridgehead atoms. The molecule has 1 saturated carbocycles. The molecule has 0 unspecified atom stereocenters. The number of aromatic nitrogens is 1. The monoisotopic (exact) mass is 297 g/mol. The molecular formula is C18H23N3O. The van der Waals surface area contributed by atoms with E-state index in [1.54, 1.807) is 0 Å².